The van der Waals surface area contributed by atoms with Gasteiger partial charge in [0.05, 0.1) is 0 Å². The summed E-state index contributed by atoms with van der Waals surface area (Å²) in [6.07, 6.45) is 0.695. The van der Waals surface area contributed by atoms with Gasteiger partial charge >= 0.3 is 0 Å². The van der Waals surface area contributed by atoms with Crippen LogP contribution in [0.5, 0.6) is 0 Å². The number of carbonyl (C=O) groups excluding carboxylic acids is 2. The van der Waals surface area contributed by atoms with Gasteiger partial charge in [-0.3, -0.25) is 9.59 Å². The first-order valence-electron chi connectivity index (χ1n) is 7.79. The molecule has 0 aliphatic rings. The van der Waals surface area contributed by atoms with Gasteiger partial charge in [-0.25, -0.2) is 0 Å². The van der Waals surface area contributed by atoms with Crippen LogP contribution < -0.4 is 5.32 Å². The highest BCUT2D eigenvalue weighted by Crippen LogP contribution is 2.17. The van der Waals surface area contributed by atoms with E-state index in [1.54, 1.807) is 43.3 Å². The van der Waals surface area contributed by atoms with Crippen LogP contribution in [0.25, 0.3) is 0 Å². The summed E-state index contributed by atoms with van der Waals surface area (Å²) in [4.78, 5) is 24.4. The zero-order valence-electron chi connectivity index (χ0n) is 13.5. The van der Waals surface area contributed by atoms with Crippen LogP contribution in [0.3, 0.4) is 0 Å². The summed E-state index contributed by atoms with van der Waals surface area (Å²) in [6, 6.07) is 13.9. The lowest BCUT2D eigenvalue weighted by molar-refractivity contribution is -0.116. The van der Waals surface area contributed by atoms with Crippen LogP contribution in [0.4, 0.5) is 5.69 Å². The minimum Gasteiger partial charge on any atom is -0.396 e. The Morgan fingerprint density at radius 2 is 1.71 bits per heavy atom. The second-order valence-corrected chi connectivity index (χ2v) is 6.13. The van der Waals surface area contributed by atoms with Gasteiger partial charge in [-0.2, -0.15) is 0 Å². The summed E-state index contributed by atoms with van der Waals surface area (Å²) in [5, 5.41) is 12.2. The third-order valence-corrected chi connectivity index (χ3v) is 3.96. The molecule has 0 saturated heterocycles. The lowest BCUT2D eigenvalue weighted by Crippen LogP contribution is -2.20. The molecule has 0 spiro atoms. The summed E-state index contributed by atoms with van der Waals surface area (Å²) in [7, 11) is 0. The van der Waals surface area contributed by atoms with Crippen molar-refractivity contribution in [1.82, 2.24) is 0 Å². The Morgan fingerprint density at radius 3 is 2.29 bits per heavy atom. The largest absolute Gasteiger partial charge is 0.396 e. The Bertz CT molecular complexity index is 696. The first-order valence-corrected chi connectivity index (χ1v) is 8.17. The van der Waals surface area contributed by atoms with Crippen molar-refractivity contribution >= 4 is 29.0 Å². The monoisotopic (exact) mass is 345 g/mol. The van der Waals surface area contributed by atoms with Crippen molar-refractivity contribution < 1.29 is 14.7 Å². The molecule has 0 aliphatic heterocycles. The molecule has 24 heavy (non-hydrogen) atoms. The molecule has 4 nitrogen and oxygen atoms in total. The van der Waals surface area contributed by atoms with Gasteiger partial charge in [0, 0.05) is 35.2 Å². The topological polar surface area (TPSA) is 66.4 Å². The number of amides is 1. The smallest absolute Gasteiger partial charge is 0.225 e. The number of aliphatic hydroxyl groups is 1. The Hall–Kier alpha value is -2.17. The van der Waals surface area contributed by atoms with Crippen molar-refractivity contribution in [3.05, 3.63) is 64.7 Å². The number of nitrogens with one attached hydrogen (secondary N) is 1. The number of rotatable bonds is 7. The maximum absolute atomic E-state index is 12.3. The molecule has 2 aromatic carbocycles. The number of carbonyl (C=O) groups is 2. The van der Waals surface area contributed by atoms with E-state index in [1.807, 2.05) is 12.1 Å². The molecular weight excluding hydrogens is 326 g/mol. The first kappa shape index (κ1) is 18.2. The quantitative estimate of drug-likeness (QED) is 0.751. The molecule has 5 heteroatoms. The molecule has 0 saturated carbocycles. The standard InChI is InChI=1S/C19H20ClNO3/c1-13(19(24)15-4-6-16(20)7-5-15)12-18(23)21-17-8-2-14(3-9-17)10-11-22/h2-9,13,22H,10-12H2,1H3,(H,21,23). The van der Waals surface area contributed by atoms with E-state index in [0.717, 1.165) is 5.56 Å². The van der Waals surface area contributed by atoms with Crippen molar-refractivity contribution in [2.24, 2.45) is 5.92 Å². The third kappa shape index (κ3) is 5.18. The average molecular weight is 346 g/mol. The summed E-state index contributed by atoms with van der Waals surface area (Å²) in [5.74, 6) is -0.709. The zero-order chi connectivity index (χ0) is 17.5. The molecule has 1 atom stereocenters. The minimum absolute atomic E-state index is 0.0832. The lowest BCUT2D eigenvalue weighted by atomic mass is 9.96. The van der Waals surface area contributed by atoms with Gasteiger partial charge < -0.3 is 10.4 Å². The SMILES string of the molecule is CC(CC(=O)Nc1ccc(CCO)cc1)C(=O)c1ccc(Cl)cc1. The van der Waals surface area contributed by atoms with Gasteiger partial charge in [-0.1, -0.05) is 30.7 Å². The predicted molar refractivity (Wildman–Crippen MR) is 95.4 cm³/mol. The van der Waals surface area contributed by atoms with Crippen molar-refractivity contribution in [2.75, 3.05) is 11.9 Å². The van der Waals surface area contributed by atoms with E-state index in [1.165, 1.54) is 0 Å². The van der Waals surface area contributed by atoms with Gasteiger partial charge in [0.25, 0.3) is 0 Å². The molecule has 1 amide bonds. The molecule has 0 bridgehead atoms. The van der Waals surface area contributed by atoms with Crippen molar-refractivity contribution in [3.63, 3.8) is 0 Å². The van der Waals surface area contributed by atoms with E-state index >= 15 is 0 Å². The highest BCUT2D eigenvalue weighted by molar-refractivity contribution is 6.30. The second-order valence-electron chi connectivity index (χ2n) is 5.70. The van der Waals surface area contributed by atoms with E-state index in [-0.39, 0.29) is 24.7 Å². The fourth-order valence-corrected chi connectivity index (χ4v) is 2.49. The van der Waals surface area contributed by atoms with E-state index in [0.29, 0.717) is 22.7 Å². The molecule has 126 valence electrons. The molecule has 1 unspecified atom stereocenters. The molecule has 0 aromatic heterocycles. The predicted octanol–water partition coefficient (Wildman–Crippen LogP) is 3.72. The Kier molecular flexibility index (Phi) is 6.53. The van der Waals surface area contributed by atoms with Crippen LogP contribution in [-0.4, -0.2) is 23.4 Å². The highest BCUT2D eigenvalue weighted by Gasteiger charge is 2.18. The third-order valence-electron chi connectivity index (χ3n) is 3.71. The Labute approximate surface area is 146 Å². The van der Waals surface area contributed by atoms with Crippen LogP contribution in [0.2, 0.25) is 5.02 Å². The molecule has 0 aliphatic carbocycles. The molecule has 2 N–H and O–H groups in total. The molecular formula is C19H20ClNO3. The maximum atomic E-state index is 12.3. The normalized spacial score (nSPS) is 11.8. The van der Waals surface area contributed by atoms with Crippen LogP contribution in [0.15, 0.2) is 48.5 Å². The van der Waals surface area contributed by atoms with E-state index in [2.05, 4.69) is 5.32 Å². The Balaban J connectivity index is 1.91. The van der Waals surface area contributed by atoms with E-state index in [4.69, 9.17) is 16.7 Å². The molecule has 2 aromatic rings. The van der Waals surface area contributed by atoms with Gasteiger partial charge in [-0.05, 0) is 48.4 Å². The van der Waals surface area contributed by atoms with Gasteiger partial charge in [-0.15, -0.1) is 0 Å². The van der Waals surface area contributed by atoms with Gasteiger partial charge in [0.1, 0.15) is 0 Å². The average Bonchev–Trinajstić information content (AvgIpc) is 2.57. The fourth-order valence-electron chi connectivity index (χ4n) is 2.37. The summed E-state index contributed by atoms with van der Waals surface area (Å²) < 4.78 is 0. The lowest BCUT2D eigenvalue weighted by Gasteiger charge is -2.11. The summed E-state index contributed by atoms with van der Waals surface area (Å²) in [5.41, 5.74) is 2.22. The maximum Gasteiger partial charge on any atom is 0.225 e. The number of hydrogen-bond acceptors (Lipinski definition) is 3. The molecule has 0 heterocycles. The highest BCUT2D eigenvalue weighted by atomic mass is 35.5. The first-order chi connectivity index (χ1) is 11.5. The van der Waals surface area contributed by atoms with E-state index in [9.17, 15) is 9.59 Å². The molecule has 0 fully saturated rings. The van der Waals surface area contributed by atoms with Gasteiger partial charge in [0.15, 0.2) is 5.78 Å². The number of Topliss-reactive ketones (excluding diaryl/α,β-unsaturated/α-hetero) is 1. The van der Waals surface area contributed by atoms with Crippen molar-refractivity contribution in [1.29, 1.82) is 0 Å². The second kappa shape index (κ2) is 8.62. The molecule has 0 radical (unpaired) electrons. The summed E-state index contributed by atoms with van der Waals surface area (Å²) >= 11 is 5.81. The minimum atomic E-state index is -0.417. The zero-order valence-corrected chi connectivity index (χ0v) is 14.2. The Morgan fingerprint density at radius 1 is 1.08 bits per heavy atom. The van der Waals surface area contributed by atoms with Crippen molar-refractivity contribution in [2.45, 2.75) is 19.8 Å². The van der Waals surface area contributed by atoms with Crippen molar-refractivity contribution in [3.8, 4) is 0 Å². The number of ketones is 1. The number of hydrogen-bond donors (Lipinski definition) is 2. The van der Waals surface area contributed by atoms with Gasteiger partial charge in [0.2, 0.25) is 5.91 Å². The van der Waals surface area contributed by atoms with Crippen LogP contribution in [-0.2, 0) is 11.2 Å². The fraction of sp³-hybridized carbons (Fsp3) is 0.263. The number of aliphatic hydroxyl groups excluding tert-OH is 1. The number of anilines is 1. The van der Waals surface area contributed by atoms with Crippen LogP contribution >= 0.6 is 11.6 Å². The van der Waals surface area contributed by atoms with E-state index < -0.39 is 5.92 Å². The molecule has 2 rings (SSSR count). The summed E-state index contributed by atoms with van der Waals surface area (Å²) in [6.45, 7) is 1.83. The van der Waals surface area contributed by atoms with Crippen LogP contribution in [0, 0.1) is 5.92 Å². The number of halogens is 1. The van der Waals surface area contributed by atoms with Crippen LogP contribution in [0.1, 0.15) is 29.3 Å². The number of benzene rings is 2.